The van der Waals surface area contributed by atoms with Gasteiger partial charge in [0, 0.05) is 35.6 Å². The number of hydrogen-bond donors (Lipinski definition) is 5. The third-order valence-corrected chi connectivity index (χ3v) is 7.63. The van der Waals surface area contributed by atoms with Crippen LogP contribution in [0.25, 0.3) is 10.9 Å². The smallest absolute Gasteiger partial charge is 0.289 e. The van der Waals surface area contributed by atoms with Crippen LogP contribution in [0.15, 0.2) is 47.4 Å². The normalized spacial score (nSPS) is 15.1. The number of ketones is 1. The van der Waals surface area contributed by atoms with Crippen LogP contribution in [-0.4, -0.2) is 59.2 Å². The van der Waals surface area contributed by atoms with E-state index in [1.54, 1.807) is 31.4 Å². The monoisotopic (exact) mass is 577 g/mol. The summed E-state index contributed by atoms with van der Waals surface area (Å²) in [6.45, 7) is 4.08. The molecule has 3 amide bonds. The minimum absolute atomic E-state index is 0.113. The lowest BCUT2D eigenvalue weighted by atomic mass is 9.83. The lowest BCUT2D eigenvalue weighted by Gasteiger charge is -2.31. The number of hydrogen-bond acceptors (Lipinski definition) is 6. The lowest BCUT2D eigenvalue weighted by molar-refractivity contribution is -0.140. The molecular formula is C31H39N5O6. The Hall–Kier alpha value is -4.41. The van der Waals surface area contributed by atoms with Gasteiger partial charge < -0.3 is 30.7 Å². The second kappa shape index (κ2) is 14.0. The summed E-state index contributed by atoms with van der Waals surface area (Å²) in [5.41, 5.74) is 0.806. The Kier molecular flexibility index (Phi) is 10.2. The van der Waals surface area contributed by atoms with Crippen molar-refractivity contribution in [2.45, 2.75) is 64.5 Å². The molecule has 0 saturated heterocycles. The molecule has 5 N–H and O–H groups in total. The number of benzene rings is 1. The number of H-pyrrole nitrogens is 2. The van der Waals surface area contributed by atoms with Crippen molar-refractivity contribution >= 4 is 34.4 Å². The third-order valence-electron chi connectivity index (χ3n) is 7.63. The Labute approximate surface area is 244 Å². The number of aromatic nitrogens is 2. The molecule has 2 aromatic heterocycles. The van der Waals surface area contributed by atoms with E-state index in [0.717, 1.165) is 37.5 Å². The predicted molar refractivity (Wildman–Crippen MR) is 158 cm³/mol. The van der Waals surface area contributed by atoms with Crippen molar-refractivity contribution in [3.63, 3.8) is 0 Å². The van der Waals surface area contributed by atoms with E-state index in [2.05, 4.69) is 25.9 Å². The number of Topliss-reactive ketones (excluding diaryl/α,β-unsaturated/α-hetero) is 1. The summed E-state index contributed by atoms with van der Waals surface area (Å²) in [7, 11) is 1.55. The highest BCUT2D eigenvalue weighted by atomic mass is 16.5. The Morgan fingerprint density at radius 1 is 1.02 bits per heavy atom. The number of amides is 3. The van der Waals surface area contributed by atoms with Gasteiger partial charge in [0.25, 0.3) is 17.4 Å². The molecule has 3 aromatic rings. The predicted octanol–water partition coefficient (Wildman–Crippen LogP) is 2.61. The number of ether oxygens (including phenoxy) is 1. The van der Waals surface area contributed by atoms with Gasteiger partial charge in [0.1, 0.15) is 23.5 Å². The van der Waals surface area contributed by atoms with E-state index in [-0.39, 0.29) is 36.1 Å². The van der Waals surface area contributed by atoms with Gasteiger partial charge in [-0.2, -0.15) is 0 Å². The molecule has 224 valence electrons. The summed E-state index contributed by atoms with van der Waals surface area (Å²) in [6, 6.07) is 8.01. The van der Waals surface area contributed by atoms with Crippen molar-refractivity contribution in [1.82, 2.24) is 25.9 Å². The standard InChI is InChI=1S/C31H39N5O6/c1-18(2)17-33-31(41)27(37)23(15-20-11-8-14-32-28(20)38)35-30(40)26(19-9-5-4-6-10-19)36-29(39)24-16-21-22(34-24)12-7-13-25(21)42-3/h7-8,11-14,16,18-19,23,26,34H,4-6,9-10,15,17H2,1-3H3,(H,32,38)(H,33,41)(H,35,40)(H,36,39)/t23-,26-/m0/s1. The van der Waals surface area contributed by atoms with E-state index in [4.69, 9.17) is 4.74 Å². The summed E-state index contributed by atoms with van der Waals surface area (Å²) >= 11 is 0. The Morgan fingerprint density at radius 2 is 1.79 bits per heavy atom. The fourth-order valence-electron chi connectivity index (χ4n) is 5.36. The molecular weight excluding hydrogens is 538 g/mol. The van der Waals surface area contributed by atoms with Crippen molar-refractivity contribution in [2.24, 2.45) is 11.8 Å². The molecule has 1 aliphatic rings. The van der Waals surface area contributed by atoms with Gasteiger partial charge in [-0.3, -0.25) is 24.0 Å². The van der Waals surface area contributed by atoms with Crippen LogP contribution in [0.3, 0.4) is 0 Å². The number of carbonyl (C=O) groups is 4. The van der Waals surface area contributed by atoms with Crippen LogP contribution in [0.4, 0.5) is 0 Å². The first kappa shape index (κ1) is 30.5. The minimum Gasteiger partial charge on any atom is -0.496 e. The molecule has 2 atom stereocenters. The van der Waals surface area contributed by atoms with Crippen LogP contribution in [0.1, 0.15) is 62.0 Å². The molecule has 4 rings (SSSR count). The Bertz CT molecular complexity index is 1490. The third kappa shape index (κ3) is 7.45. The van der Waals surface area contributed by atoms with Crippen LogP contribution >= 0.6 is 0 Å². The van der Waals surface area contributed by atoms with Gasteiger partial charge in [0.15, 0.2) is 0 Å². The molecule has 1 fully saturated rings. The molecule has 0 bridgehead atoms. The van der Waals surface area contributed by atoms with Crippen molar-refractivity contribution < 1.29 is 23.9 Å². The summed E-state index contributed by atoms with van der Waals surface area (Å²) in [6.07, 6.45) is 5.60. The van der Waals surface area contributed by atoms with Crippen molar-refractivity contribution in [3.05, 3.63) is 64.2 Å². The highest BCUT2D eigenvalue weighted by Gasteiger charge is 2.35. The zero-order chi connectivity index (χ0) is 30.2. The fourth-order valence-corrected chi connectivity index (χ4v) is 5.36. The molecule has 2 heterocycles. The first-order chi connectivity index (χ1) is 20.2. The second-order valence-corrected chi connectivity index (χ2v) is 11.2. The van der Waals surface area contributed by atoms with Gasteiger partial charge in [0.05, 0.1) is 7.11 Å². The average molecular weight is 578 g/mol. The lowest BCUT2D eigenvalue weighted by Crippen LogP contribution is -2.57. The van der Waals surface area contributed by atoms with Crippen molar-refractivity contribution in [2.75, 3.05) is 13.7 Å². The SMILES string of the molecule is COc1cccc2[nH]c(C(=O)N[C@H](C(=O)N[C@@H](Cc3ccc[nH]c3=O)C(=O)C(=O)NCC(C)C)C3CCCCC3)cc12. The number of nitrogens with one attached hydrogen (secondary N) is 5. The number of carbonyl (C=O) groups excluding carboxylic acids is 4. The molecule has 11 nitrogen and oxygen atoms in total. The molecule has 0 aliphatic heterocycles. The van der Waals surface area contributed by atoms with Crippen LogP contribution in [-0.2, 0) is 20.8 Å². The molecule has 0 spiro atoms. The van der Waals surface area contributed by atoms with E-state index in [1.165, 1.54) is 6.20 Å². The van der Waals surface area contributed by atoms with Gasteiger partial charge in [-0.15, -0.1) is 0 Å². The summed E-state index contributed by atoms with van der Waals surface area (Å²) in [5.74, 6) is -2.19. The molecule has 0 unspecified atom stereocenters. The number of aromatic amines is 2. The minimum atomic E-state index is -1.30. The molecule has 1 aliphatic carbocycles. The largest absolute Gasteiger partial charge is 0.496 e. The fraction of sp³-hybridized carbons (Fsp3) is 0.452. The molecule has 0 radical (unpaired) electrons. The van der Waals surface area contributed by atoms with Gasteiger partial charge in [-0.1, -0.05) is 45.2 Å². The summed E-state index contributed by atoms with van der Waals surface area (Å²) in [5, 5.41) is 8.93. The first-order valence-corrected chi connectivity index (χ1v) is 14.4. The van der Waals surface area contributed by atoms with Gasteiger partial charge >= 0.3 is 0 Å². The van der Waals surface area contributed by atoms with E-state index >= 15 is 0 Å². The highest BCUT2D eigenvalue weighted by Crippen LogP contribution is 2.28. The quantitative estimate of drug-likeness (QED) is 0.208. The Morgan fingerprint density at radius 3 is 2.48 bits per heavy atom. The van der Waals surface area contributed by atoms with Crippen LogP contribution < -0.4 is 26.2 Å². The maximum atomic E-state index is 13.8. The molecule has 42 heavy (non-hydrogen) atoms. The number of fused-ring (bicyclic) bond motifs is 1. The topological polar surface area (TPSA) is 162 Å². The van der Waals surface area contributed by atoms with E-state index in [0.29, 0.717) is 11.3 Å². The number of methoxy groups -OCH3 is 1. The molecule has 11 heteroatoms. The van der Waals surface area contributed by atoms with Crippen LogP contribution in [0.2, 0.25) is 0 Å². The van der Waals surface area contributed by atoms with Gasteiger partial charge in [-0.25, -0.2) is 0 Å². The highest BCUT2D eigenvalue weighted by molar-refractivity contribution is 6.38. The Balaban J connectivity index is 1.59. The van der Waals surface area contributed by atoms with E-state index in [9.17, 15) is 24.0 Å². The van der Waals surface area contributed by atoms with Crippen LogP contribution in [0.5, 0.6) is 5.75 Å². The van der Waals surface area contributed by atoms with Crippen molar-refractivity contribution in [1.29, 1.82) is 0 Å². The maximum Gasteiger partial charge on any atom is 0.289 e. The zero-order valence-electron chi connectivity index (χ0n) is 24.3. The first-order valence-electron chi connectivity index (χ1n) is 14.4. The van der Waals surface area contributed by atoms with Crippen molar-refractivity contribution in [3.8, 4) is 5.75 Å². The summed E-state index contributed by atoms with van der Waals surface area (Å²) < 4.78 is 5.40. The number of rotatable bonds is 12. The van der Waals surface area contributed by atoms with Crippen LogP contribution in [0, 0.1) is 11.8 Å². The maximum absolute atomic E-state index is 13.8. The number of pyridine rings is 1. The average Bonchev–Trinajstić information content (AvgIpc) is 3.44. The van der Waals surface area contributed by atoms with Gasteiger partial charge in [-0.05, 0) is 48.9 Å². The molecule has 1 saturated carbocycles. The van der Waals surface area contributed by atoms with E-state index in [1.807, 2.05) is 26.0 Å². The summed E-state index contributed by atoms with van der Waals surface area (Å²) in [4.78, 5) is 71.3. The zero-order valence-corrected chi connectivity index (χ0v) is 24.3. The van der Waals surface area contributed by atoms with Gasteiger partial charge in [0.2, 0.25) is 11.7 Å². The molecule has 1 aromatic carbocycles. The second-order valence-electron chi connectivity index (χ2n) is 11.2. The van der Waals surface area contributed by atoms with E-state index < -0.39 is 41.1 Å².